The van der Waals surface area contributed by atoms with Crippen LogP contribution in [0.4, 0.5) is 0 Å². The summed E-state index contributed by atoms with van der Waals surface area (Å²) in [4.78, 5) is 26.5. The molecule has 4 nitrogen and oxygen atoms in total. The first-order chi connectivity index (χ1) is 10.1. The number of carbonyl (C=O) groups is 2. The van der Waals surface area contributed by atoms with Crippen molar-refractivity contribution in [1.29, 1.82) is 0 Å². The molecule has 2 rings (SSSR count). The minimum atomic E-state index is -0.00953. The summed E-state index contributed by atoms with van der Waals surface area (Å²) in [7, 11) is 0. The third-order valence-corrected chi connectivity index (χ3v) is 4.76. The molecule has 0 spiro atoms. The van der Waals surface area contributed by atoms with Gasteiger partial charge in [-0.15, -0.1) is 0 Å². The number of amides is 2. The number of likely N-dealkylation sites (tertiary alicyclic amines) is 1. The first-order valence-corrected chi connectivity index (χ1v) is 8.65. The van der Waals surface area contributed by atoms with Crippen LogP contribution in [0.25, 0.3) is 0 Å². The second-order valence-electron chi connectivity index (χ2n) is 7.07. The number of nitrogens with one attached hydrogen (secondary N) is 1. The minimum Gasteiger partial charge on any atom is -0.356 e. The molecule has 1 heterocycles. The van der Waals surface area contributed by atoms with Crippen LogP contribution in [-0.4, -0.2) is 35.8 Å². The van der Waals surface area contributed by atoms with E-state index in [1.165, 1.54) is 25.7 Å². The maximum atomic E-state index is 12.3. The van der Waals surface area contributed by atoms with Gasteiger partial charge in [-0.3, -0.25) is 9.59 Å². The van der Waals surface area contributed by atoms with E-state index in [1.807, 2.05) is 4.90 Å². The van der Waals surface area contributed by atoms with E-state index in [9.17, 15) is 9.59 Å². The van der Waals surface area contributed by atoms with Crippen molar-refractivity contribution in [3.05, 3.63) is 0 Å². The molecule has 1 saturated heterocycles. The highest BCUT2D eigenvalue weighted by Gasteiger charge is 2.34. The van der Waals surface area contributed by atoms with E-state index in [0.717, 1.165) is 19.4 Å². The second-order valence-corrected chi connectivity index (χ2v) is 7.07. The van der Waals surface area contributed by atoms with Crippen molar-refractivity contribution in [1.82, 2.24) is 10.2 Å². The molecule has 2 amide bonds. The molecule has 21 heavy (non-hydrogen) atoms. The molecule has 0 aromatic carbocycles. The Kier molecular flexibility index (Phi) is 6.07. The van der Waals surface area contributed by atoms with Gasteiger partial charge in [-0.2, -0.15) is 0 Å². The normalized spacial score (nSPS) is 25.0. The van der Waals surface area contributed by atoms with Crippen molar-refractivity contribution < 1.29 is 9.59 Å². The van der Waals surface area contributed by atoms with Crippen molar-refractivity contribution >= 4 is 11.8 Å². The molecular formula is C17H30N2O2. The Bertz CT molecular complexity index is 360. The lowest BCUT2D eigenvalue weighted by molar-refractivity contribution is -0.141. The summed E-state index contributed by atoms with van der Waals surface area (Å²) in [6.45, 7) is 5.56. The number of hydrogen-bond acceptors (Lipinski definition) is 2. The van der Waals surface area contributed by atoms with Gasteiger partial charge in [0.05, 0.1) is 5.92 Å². The largest absolute Gasteiger partial charge is 0.356 e. The van der Waals surface area contributed by atoms with Crippen LogP contribution in [0.1, 0.15) is 65.2 Å². The number of hydrogen-bond donors (Lipinski definition) is 1. The minimum absolute atomic E-state index is 0.00953. The molecule has 0 radical (unpaired) electrons. The Labute approximate surface area is 128 Å². The summed E-state index contributed by atoms with van der Waals surface area (Å²) in [5.74, 6) is 0.853. The molecule has 1 atom stereocenters. The van der Waals surface area contributed by atoms with Gasteiger partial charge in [0.1, 0.15) is 0 Å². The molecule has 0 aromatic heterocycles. The molecule has 1 N–H and O–H groups in total. The summed E-state index contributed by atoms with van der Waals surface area (Å²) >= 11 is 0. The van der Waals surface area contributed by atoms with Crippen molar-refractivity contribution in [2.75, 3.05) is 13.1 Å². The highest BCUT2D eigenvalue weighted by atomic mass is 16.2. The van der Waals surface area contributed by atoms with Crippen molar-refractivity contribution in [3.8, 4) is 0 Å². The van der Waals surface area contributed by atoms with E-state index in [0.29, 0.717) is 31.3 Å². The fourth-order valence-electron chi connectivity index (χ4n) is 3.46. The van der Waals surface area contributed by atoms with Crippen molar-refractivity contribution in [2.24, 2.45) is 11.8 Å². The van der Waals surface area contributed by atoms with Gasteiger partial charge in [0.25, 0.3) is 0 Å². The van der Waals surface area contributed by atoms with Crippen LogP contribution >= 0.6 is 0 Å². The summed E-state index contributed by atoms with van der Waals surface area (Å²) < 4.78 is 0. The SMILES string of the molecule is CC(C)CNC(=O)[C@@H]1CCC(=O)N(C2CCCCCC2)C1. The maximum absolute atomic E-state index is 12.3. The highest BCUT2D eigenvalue weighted by molar-refractivity contribution is 5.84. The van der Waals surface area contributed by atoms with Gasteiger partial charge < -0.3 is 10.2 Å². The Morgan fingerprint density at radius 2 is 1.86 bits per heavy atom. The average molecular weight is 294 g/mol. The predicted octanol–water partition coefficient (Wildman–Crippen LogP) is 2.72. The fraction of sp³-hybridized carbons (Fsp3) is 0.882. The maximum Gasteiger partial charge on any atom is 0.224 e. The van der Waals surface area contributed by atoms with E-state index >= 15 is 0 Å². The van der Waals surface area contributed by atoms with Crippen LogP contribution in [0.2, 0.25) is 0 Å². The first-order valence-electron chi connectivity index (χ1n) is 8.65. The lowest BCUT2D eigenvalue weighted by Crippen LogP contribution is -2.50. The van der Waals surface area contributed by atoms with E-state index in [2.05, 4.69) is 19.2 Å². The van der Waals surface area contributed by atoms with E-state index < -0.39 is 0 Å². The molecule has 0 aromatic rings. The Balaban J connectivity index is 1.91. The van der Waals surface area contributed by atoms with Gasteiger partial charge >= 0.3 is 0 Å². The molecule has 1 aliphatic heterocycles. The zero-order valence-corrected chi connectivity index (χ0v) is 13.6. The highest BCUT2D eigenvalue weighted by Crippen LogP contribution is 2.27. The predicted molar refractivity (Wildman–Crippen MR) is 83.8 cm³/mol. The summed E-state index contributed by atoms with van der Waals surface area (Å²) in [5, 5.41) is 3.03. The molecular weight excluding hydrogens is 264 g/mol. The number of piperidine rings is 1. The molecule has 0 bridgehead atoms. The molecule has 0 unspecified atom stereocenters. The molecule has 1 saturated carbocycles. The van der Waals surface area contributed by atoms with Crippen LogP contribution < -0.4 is 5.32 Å². The third-order valence-electron chi connectivity index (χ3n) is 4.76. The van der Waals surface area contributed by atoms with Crippen LogP contribution in [0, 0.1) is 11.8 Å². The van der Waals surface area contributed by atoms with E-state index in [4.69, 9.17) is 0 Å². The zero-order chi connectivity index (χ0) is 15.2. The summed E-state index contributed by atoms with van der Waals surface area (Å²) in [6.07, 6.45) is 8.51. The zero-order valence-electron chi connectivity index (χ0n) is 13.6. The number of rotatable bonds is 4. The quantitative estimate of drug-likeness (QED) is 0.811. The Hall–Kier alpha value is -1.06. The third kappa shape index (κ3) is 4.72. The van der Waals surface area contributed by atoms with Crippen LogP contribution in [0.5, 0.6) is 0 Å². The Morgan fingerprint density at radius 3 is 2.48 bits per heavy atom. The molecule has 2 fully saturated rings. The van der Waals surface area contributed by atoms with Crippen molar-refractivity contribution in [2.45, 2.75) is 71.3 Å². The average Bonchev–Trinajstić information content (AvgIpc) is 2.74. The van der Waals surface area contributed by atoms with E-state index in [-0.39, 0.29) is 17.7 Å². The van der Waals surface area contributed by atoms with Gasteiger partial charge in [0.15, 0.2) is 0 Å². The summed E-state index contributed by atoms with van der Waals surface area (Å²) in [6, 6.07) is 0.376. The van der Waals surface area contributed by atoms with Crippen LogP contribution in [0.3, 0.4) is 0 Å². The van der Waals surface area contributed by atoms with Crippen LogP contribution in [0.15, 0.2) is 0 Å². The standard InChI is InChI=1S/C17H30N2O2/c1-13(2)11-18-17(21)14-9-10-16(20)19(12-14)15-7-5-3-4-6-8-15/h13-15H,3-12H2,1-2H3,(H,18,21)/t14-/m1/s1. The topological polar surface area (TPSA) is 49.4 Å². The molecule has 1 aliphatic carbocycles. The molecule has 120 valence electrons. The summed E-state index contributed by atoms with van der Waals surface area (Å²) in [5.41, 5.74) is 0. The number of nitrogens with zero attached hydrogens (tertiary/aromatic N) is 1. The van der Waals surface area contributed by atoms with Gasteiger partial charge in [-0.05, 0) is 25.2 Å². The smallest absolute Gasteiger partial charge is 0.224 e. The van der Waals surface area contributed by atoms with Gasteiger partial charge in [0.2, 0.25) is 11.8 Å². The molecule has 4 heteroatoms. The van der Waals surface area contributed by atoms with Gasteiger partial charge in [-0.1, -0.05) is 39.5 Å². The van der Waals surface area contributed by atoms with Gasteiger partial charge in [0, 0.05) is 25.6 Å². The van der Waals surface area contributed by atoms with Crippen LogP contribution in [-0.2, 0) is 9.59 Å². The monoisotopic (exact) mass is 294 g/mol. The lowest BCUT2D eigenvalue weighted by atomic mass is 9.93. The van der Waals surface area contributed by atoms with E-state index in [1.54, 1.807) is 0 Å². The first kappa shape index (κ1) is 16.3. The van der Waals surface area contributed by atoms with Crippen molar-refractivity contribution in [3.63, 3.8) is 0 Å². The van der Waals surface area contributed by atoms with Gasteiger partial charge in [-0.25, -0.2) is 0 Å². The number of carbonyl (C=O) groups excluding carboxylic acids is 2. The molecule has 2 aliphatic rings. The Morgan fingerprint density at radius 1 is 1.19 bits per heavy atom. The lowest BCUT2D eigenvalue weighted by Gasteiger charge is -2.37. The second kappa shape index (κ2) is 7.81. The fourth-order valence-corrected chi connectivity index (χ4v) is 3.46.